The fourth-order valence-corrected chi connectivity index (χ4v) is 6.62. The van der Waals surface area contributed by atoms with E-state index in [2.05, 4.69) is 4.99 Å². The number of carbonyl (C=O) groups excluding carboxylic acids is 1. The first-order valence-electron chi connectivity index (χ1n) is 12.4. The van der Waals surface area contributed by atoms with E-state index in [1.807, 2.05) is 0 Å². The van der Waals surface area contributed by atoms with Gasteiger partial charge in [-0.25, -0.2) is 13.8 Å². The summed E-state index contributed by atoms with van der Waals surface area (Å²) in [6.45, 7) is -0.210. The van der Waals surface area contributed by atoms with Crippen molar-refractivity contribution in [2.75, 3.05) is 13.1 Å². The predicted octanol–water partition coefficient (Wildman–Crippen LogP) is 5.22. The van der Waals surface area contributed by atoms with Crippen LogP contribution in [0.3, 0.4) is 0 Å². The highest BCUT2D eigenvalue weighted by molar-refractivity contribution is 7.81. The summed E-state index contributed by atoms with van der Waals surface area (Å²) in [5.41, 5.74) is 7.30. The second-order valence-corrected chi connectivity index (χ2v) is 10.9. The Morgan fingerprint density at radius 2 is 1.95 bits per heavy atom. The number of aliphatic imine (C=N–C) groups is 1. The zero-order valence-corrected chi connectivity index (χ0v) is 21.0. The van der Waals surface area contributed by atoms with E-state index in [0.29, 0.717) is 41.8 Å². The summed E-state index contributed by atoms with van der Waals surface area (Å²) in [4.78, 5) is 21.2. The standard InChI is InChI=1S/C26H25F5N4O2S/c27-25(28)10-19-17-9-13(3-6-18(17)33-24(32)35(19)12-25)23(36)34-7-1-2-20-22(38)21(34)16-5-4-15(26(29,30)31)8-14(16)11-37-20/h3-6,8-9,19-22,38H,1-2,7,10-12H2,(H2,32,33)/t19-,20+,21+,22?/m1/s1. The minimum atomic E-state index is -4.51. The highest BCUT2D eigenvalue weighted by Crippen LogP contribution is 2.47. The van der Waals surface area contributed by atoms with E-state index in [1.54, 1.807) is 23.1 Å². The summed E-state index contributed by atoms with van der Waals surface area (Å²) >= 11 is 4.79. The van der Waals surface area contributed by atoms with Gasteiger partial charge < -0.3 is 20.3 Å². The van der Waals surface area contributed by atoms with Gasteiger partial charge in [0.2, 0.25) is 0 Å². The number of ether oxygens (including phenoxy) is 1. The Kier molecular flexibility index (Phi) is 5.91. The predicted molar refractivity (Wildman–Crippen MR) is 133 cm³/mol. The molecule has 2 aromatic carbocycles. The molecular formula is C26H25F5N4O2S. The van der Waals surface area contributed by atoms with Crippen molar-refractivity contribution in [1.82, 2.24) is 9.80 Å². The molecule has 4 aliphatic heterocycles. The number of nitrogens with zero attached hydrogens (tertiary/aromatic N) is 3. The first kappa shape index (κ1) is 25.4. The lowest BCUT2D eigenvalue weighted by Crippen LogP contribution is -2.41. The molecular weight excluding hydrogens is 527 g/mol. The fourth-order valence-electron chi connectivity index (χ4n) is 6.06. The van der Waals surface area contributed by atoms with Gasteiger partial charge in [0, 0.05) is 24.1 Å². The Bertz CT molecular complexity index is 1330. The van der Waals surface area contributed by atoms with E-state index in [1.165, 1.54) is 11.0 Å². The van der Waals surface area contributed by atoms with Crippen LogP contribution in [0.15, 0.2) is 41.4 Å². The van der Waals surface area contributed by atoms with Crippen LogP contribution in [0.4, 0.5) is 27.6 Å². The SMILES string of the molecule is NC1=Nc2ccc(C(=O)N3CCC[C@@H]4OCc5cc(C(F)(F)F)ccc5[C@H]3C4S)cc2[C@H]2CC(F)(F)CN12. The molecule has 12 heteroatoms. The molecule has 6 nitrogen and oxygen atoms in total. The van der Waals surface area contributed by atoms with Gasteiger partial charge in [-0.15, -0.1) is 0 Å². The molecule has 202 valence electrons. The number of amides is 1. The van der Waals surface area contributed by atoms with Crippen molar-refractivity contribution in [3.63, 3.8) is 0 Å². The van der Waals surface area contributed by atoms with Crippen LogP contribution in [0.2, 0.25) is 0 Å². The minimum absolute atomic E-state index is 0.0104. The van der Waals surface area contributed by atoms with E-state index in [0.717, 1.165) is 12.1 Å². The molecule has 4 heterocycles. The zero-order chi connectivity index (χ0) is 27.0. The monoisotopic (exact) mass is 552 g/mol. The van der Waals surface area contributed by atoms with Crippen molar-refractivity contribution in [2.24, 2.45) is 10.7 Å². The van der Waals surface area contributed by atoms with E-state index in [4.69, 9.17) is 23.1 Å². The lowest BCUT2D eigenvalue weighted by molar-refractivity contribution is -0.137. The molecule has 6 rings (SSSR count). The molecule has 0 spiro atoms. The normalized spacial score (nSPS) is 28.0. The number of hydrogen-bond acceptors (Lipinski definition) is 6. The molecule has 2 fully saturated rings. The third kappa shape index (κ3) is 4.21. The number of guanidine groups is 1. The third-order valence-corrected chi connectivity index (χ3v) is 8.48. The van der Waals surface area contributed by atoms with Crippen LogP contribution in [0.25, 0.3) is 0 Å². The van der Waals surface area contributed by atoms with Crippen LogP contribution in [0.5, 0.6) is 0 Å². The molecule has 0 aliphatic carbocycles. The molecule has 2 bridgehead atoms. The molecule has 0 radical (unpaired) electrons. The fraction of sp³-hybridized carbons (Fsp3) is 0.462. The van der Waals surface area contributed by atoms with Gasteiger partial charge in [-0.05, 0) is 54.3 Å². The first-order valence-corrected chi connectivity index (χ1v) is 12.9. The second kappa shape index (κ2) is 8.84. The lowest BCUT2D eigenvalue weighted by Gasteiger charge is -2.35. The smallest absolute Gasteiger partial charge is 0.372 e. The van der Waals surface area contributed by atoms with E-state index >= 15 is 0 Å². The number of rotatable bonds is 1. The van der Waals surface area contributed by atoms with Crippen molar-refractivity contribution in [3.8, 4) is 0 Å². The molecule has 1 amide bonds. The Labute approximate surface area is 221 Å². The summed E-state index contributed by atoms with van der Waals surface area (Å²) < 4.78 is 74.7. The number of halogens is 5. The van der Waals surface area contributed by atoms with Gasteiger partial charge in [-0.3, -0.25) is 4.79 Å². The third-order valence-electron chi connectivity index (χ3n) is 7.86. The molecule has 2 aromatic rings. The number of fused-ring (bicyclic) bond motifs is 7. The van der Waals surface area contributed by atoms with Crippen molar-refractivity contribution in [3.05, 3.63) is 64.2 Å². The highest BCUT2D eigenvalue weighted by atomic mass is 32.1. The van der Waals surface area contributed by atoms with Gasteiger partial charge >= 0.3 is 6.18 Å². The van der Waals surface area contributed by atoms with Crippen molar-refractivity contribution in [1.29, 1.82) is 0 Å². The second-order valence-electron chi connectivity index (χ2n) is 10.3. The maximum absolute atomic E-state index is 14.3. The topological polar surface area (TPSA) is 71.2 Å². The van der Waals surface area contributed by atoms with Gasteiger partial charge in [0.1, 0.15) is 0 Å². The number of thiol groups is 1. The largest absolute Gasteiger partial charge is 0.416 e. The van der Waals surface area contributed by atoms with Gasteiger partial charge in [0.15, 0.2) is 5.96 Å². The van der Waals surface area contributed by atoms with E-state index < -0.39 is 48.0 Å². The van der Waals surface area contributed by atoms with Crippen LogP contribution >= 0.6 is 12.6 Å². The Morgan fingerprint density at radius 1 is 1.16 bits per heavy atom. The van der Waals surface area contributed by atoms with Gasteiger partial charge in [0.05, 0.1) is 47.8 Å². The highest BCUT2D eigenvalue weighted by Gasteiger charge is 2.49. The molecule has 0 aromatic heterocycles. The summed E-state index contributed by atoms with van der Waals surface area (Å²) in [6.07, 6.45) is -4.08. The number of benzene rings is 2. The Hall–Kier alpha value is -2.86. The molecule has 4 aliphatic rings. The summed E-state index contributed by atoms with van der Waals surface area (Å²) in [7, 11) is 0. The Balaban J connectivity index is 1.39. The first-order chi connectivity index (χ1) is 17.9. The van der Waals surface area contributed by atoms with Crippen LogP contribution in [-0.4, -0.2) is 52.0 Å². The number of carbonyl (C=O) groups is 1. The average molecular weight is 553 g/mol. The van der Waals surface area contributed by atoms with Gasteiger partial charge in [-0.2, -0.15) is 25.8 Å². The molecule has 2 saturated heterocycles. The minimum Gasteiger partial charge on any atom is -0.372 e. The average Bonchev–Trinajstić information content (AvgIpc) is 3.02. The van der Waals surface area contributed by atoms with Crippen molar-refractivity contribution < 1.29 is 31.5 Å². The molecule has 38 heavy (non-hydrogen) atoms. The number of hydrogen-bond donors (Lipinski definition) is 2. The van der Waals surface area contributed by atoms with Crippen LogP contribution in [0, 0.1) is 0 Å². The number of alkyl halides is 5. The van der Waals surface area contributed by atoms with E-state index in [-0.39, 0.29) is 30.1 Å². The quantitative estimate of drug-likeness (QED) is 0.376. The Morgan fingerprint density at radius 3 is 2.71 bits per heavy atom. The number of likely N-dealkylation sites (tertiary alicyclic amines) is 1. The summed E-state index contributed by atoms with van der Waals surface area (Å²) in [6, 6.07) is 6.93. The molecule has 1 unspecified atom stereocenters. The van der Waals surface area contributed by atoms with Crippen molar-refractivity contribution >= 4 is 30.2 Å². The summed E-state index contributed by atoms with van der Waals surface area (Å²) in [5.74, 6) is -3.28. The molecule has 0 saturated carbocycles. The maximum atomic E-state index is 14.3. The van der Waals surface area contributed by atoms with Crippen LogP contribution in [-0.2, 0) is 17.5 Å². The van der Waals surface area contributed by atoms with Crippen LogP contribution < -0.4 is 5.73 Å². The van der Waals surface area contributed by atoms with Gasteiger partial charge in [-0.1, -0.05) is 6.07 Å². The zero-order valence-electron chi connectivity index (χ0n) is 20.1. The molecule has 2 N–H and O–H groups in total. The van der Waals surface area contributed by atoms with Crippen molar-refractivity contribution in [2.45, 2.75) is 61.4 Å². The maximum Gasteiger partial charge on any atom is 0.416 e. The van der Waals surface area contributed by atoms with Gasteiger partial charge in [0.25, 0.3) is 11.8 Å². The lowest BCUT2D eigenvalue weighted by atomic mass is 9.93. The number of nitrogens with two attached hydrogens (primary N) is 1. The summed E-state index contributed by atoms with van der Waals surface area (Å²) in [5, 5.41) is -0.467. The van der Waals surface area contributed by atoms with E-state index in [9.17, 15) is 26.7 Å². The molecule has 4 atom stereocenters. The van der Waals surface area contributed by atoms with Crippen LogP contribution in [0.1, 0.15) is 64.0 Å².